The molecule has 0 saturated heterocycles. The summed E-state index contributed by atoms with van der Waals surface area (Å²) >= 11 is 6.93. The highest BCUT2D eigenvalue weighted by molar-refractivity contribution is 7.80. The lowest BCUT2D eigenvalue weighted by atomic mass is 10.1. The number of esters is 1. The van der Waals surface area contributed by atoms with Crippen LogP contribution >= 0.6 is 23.6 Å². The van der Waals surface area contributed by atoms with Gasteiger partial charge in [0.15, 0.2) is 5.11 Å². The first-order chi connectivity index (χ1) is 10.2. The molecule has 0 unspecified atom stereocenters. The minimum Gasteiger partial charge on any atom is -0.465 e. The summed E-state index contributed by atoms with van der Waals surface area (Å²) in [6.45, 7) is 3.03. The van der Waals surface area contributed by atoms with E-state index in [1.807, 2.05) is 0 Å². The van der Waals surface area contributed by atoms with Crippen LogP contribution in [0.4, 0.5) is 5.00 Å². The minimum atomic E-state index is -0.273. The van der Waals surface area contributed by atoms with Crippen LogP contribution in [0.2, 0.25) is 0 Å². The SMILES string of the molecule is CCCCCNC(=S)Nc1sc2c(c1C(=O)OC)CCC2. The molecule has 1 aliphatic carbocycles. The first-order valence-corrected chi connectivity index (χ1v) is 8.67. The average Bonchev–Trinajstić information content (AvgIpc) is 3.03. The summed E-state index contributed by atoms with van der Waals surface area (Å²) in [5, 5.41) is 7.76. The van der Waals surface area contributed by atoms with Gasteiger partial charge in [-0.3, -0.25) is 0 Å². The van der Waals surface area contributed by atoms with E-state index in [-0.39, 0.29) is 5.97 Å². The lowest BCUT2D eigenvalue weighted by Crippen LogP contribution is -2.29. The zero-order valence-corrected chi connectivity index (χ0v) is 14.2. The van der Waals surface area contributed by atoms with Crippen molar-refractivity contribution in [1.82, 2.24) is 5.32 Å². The van der Waals surface area contributed by atoms with Gasteiger partial charge in [-0.1, -0.05) is 19.8 Å². The number of rotatable bonds is 6. The second-order valence-electron chi connectivity index (χ2n) is 5.14. The number of hydrogen-bond donors (Lipinski definition) is 2. The number of aryl methyl sites for hydroxylation is 1. The molecule has 1 heterocycles. The highest BCUT2D eigenvalue weighted by Gasteiger charge is 2.27. The van der Waals surface area contributed by atoms with Gasteiger partial charge >= 0.3 is 5.97 Å². The Bertz CT molecular complexity index is 526. The second-order valence-corrected chi connectivity index (χ2v) is 6.65. The molecule has 1 aromatic rings. The van der Waals surface area contributed by atoms with Gasteiger partial charge in [-0.15, -0.1) is 11.3 Å². The third-order valence-electron chi connectivity index (χ3n) is 3.60. The van der Waals surface area contributed by atoms with Crippen molar-refractivity contribution in [3.8, 4) is 0 Å². The second kappa shape index (κ2) is 7.75. The number of nitrogens with one attached hydrogen (secondary N) is 2. The topological polar surface area (TPSA) is 50.4 Å². The molecule has 0 atom stereocenters. The van der Waals surface area contributed by atoms with E-state index < -0.39 is 0 Å². The molecule has 4 nitrogen and oxygen atoms in total. The van der Waals surface area contributed by atoms with Gasteiger partial charge in [0.25, 0.3) is 0 Å². The van der Waals surface area contributed by atoms with Crippen LogP contribution in [0.25, 0.3) is 0 Å². The Labute approximate surface area is 135 Å². The van der Waals surface area contributed by atoms with Crippen molar-refractivity contribution in [2.45, 2.75) is 45.4 Å². The summed E-state index contributed by atoms with van der Waals surface area (Å²) in [4.78, 5) is 13.3. The molecule has 2 N–H and O–H groups in total. The Balaban J connectivity index is 2.03. The zero-order valence-electron chi connectivity index (χ0n) is 12.6. The fourth-order valence-corrected chi connectivity index (χ4v) is 4.09. The van der Waals surface area contributed by atoms with Gasteiger partial charge in [-0.2, -0.15) is 0 Å². The fraction of sp³-hybridized carbons (Fsp3) is 0.600. The van der Waals surface area contributed by atoms with Crippen LogP contribution in [-0.4, -0.2) is 24.7 Å². The molecular formula is C15H22N2O2S2. The first kappa shape index (κ1) is 16.2. The molecule has 116 valence electrons. The maximum absolute atomic E-state index is 12.0. The van der Waals surface area contributed by atoms with Gasteiger partial charge in [0.05, 0.1) is 12.7 Å². The largest absolute Gasteiger partial charge is 0.465 e. The number of methoxy groups -OCH3 is 1. The van der Waals surface area contributed by atoms with Crippen molar-refractivity contribution in [2.24, 2.45) is 0 Å². The predicted molar refractivity (Wildman–Crippen MR) is 91.4 cm³/mol. The minimum absolute atomic E-state index is 0.273. The van der Waals surface area contributed by atoms with Crippen molar-refractivity contribution in [2.75, 3.05) is 19.0 Å². The molecule has 1 aromatic heterocycles. The number of thiocarbonyl (C=S) groups is 1. The van der Waals surface area contributed by atoms with Gasteiger partial charge < -0.3 is 15.4 Å². The molecule has 0 radical (unpaired) electrons. The van der Waals surface area contributed by atoms with Crippen LogP contribution in [0.1, 0.15) is 53.4 Å². The van der Waals surface area contributed by atoms with Crippen molar-refractivity contribution in [3.63, 3.8) is 0 Å². The van der Waals surface area contributed by atoms with Gasteiger partial charge in [0, 0.05) is 11.4 Å². The van der Waals surface area contributed by atoms with Crippen LogP contribution in [0, 0.1) is 0 Å². The van der Waals surface area contributed by atoms with Gasteiger partial charge in [-0.25, -0.2) is 4.79 Å². The van der Waals surface area contributed by atoms with E-state index in [0.717, 1.165) is 42.8 Å². The van der Waals surface area contributed by atoms with Crippen LogP contribution in [0.3, 0.4) is 0 Å². The molecule has 0 aliphatic heterocycles. The molecular weight excluding hydrogens is 304 g/mol. The van der Waals surface area contributed by atoms with E-state index in [2.05, 4.69) is 17.6 Å². The number of hydrogen-bond acceptors (Lipinski definition) is 4. The van der Waals surface area contributed by atoms with Gasteiger partial charge in [-0.05, 0) is 43.5 Å². The van der Waals surface area contributed by atoms with E-state index in [0.29, 0.717) is 10.7 Å². The van der Waals surface area contributed by atoms with Crippen LogP contribution < -0.4 is 10.6 Å². The summed E-state index contributed by atoms with van der Waals surface area (Å²) in [6, 6.07) is 0. The number of anilines is 1. The maximum atomic E-state index is 12.0. The number of carbonyl (C=O) groups excluding carboxylic acids is 1. The van der Waals surface area contributed by atoms with Crippen molar-refractivity contribution < 1.29 is 9.53 Å². The van der Waals surface area contributed by atoms with E-state index in [4.69, 9.17) is 17.0 Å². The molecule has 0 aromatic carbocycles. The lowest BCUT2D eigenvalue weighted by Gasteiger charge is -2.10. The smallest absolute Gasteiger partial charge is 0.341 e. The Morgan fingerprint density at radius 2 is 2.19 bits per heavy atom. The molecule has 0 amide bonds. The molecule has 0 fully saturated rings. The van der Waals surface area contributed by atoms with E-state index in [1.165, 1.54) is 24.8 Å². The molecule has 0 saturated carbocycles. The normalized spacial score (nSPS) is 12.9. The van der Waals surface area contributed by atoms with Crippen LogP contribution in [0.5, 0.6) is 0 Å². The van der Waals surface area contributed by atoms with E-state index in [9.17, 15) is 4.79 Å². The quantitative estimate of drug-likeness (QED) is 0.476. The Morgan fingerprint density at radius 1 is 1.38 bits per heavy atom. The van der Waals surface area contributed by atoms with Gasteiger partial charge in [0.2, 0.25) is 0 Å². The highest BCUT2D eigenvalue weighted by atomic mass is 32.1. The predicted octanol–water partition coefficient (Wildman–Crippen LogP) is 3.50. The molecule has 0 bridgehead atoms. The number of unbranched alkanes of at least 4 members (excludes halogenated alkanes) is 2. The fourth-order valence-electron chi connectivity index (χ4n) is 2.53. The van der Waals surface area contributed by atoms with E-state index in [1.54, 1.807) is 11.3 Å². The van der Waals surface area contributed by atoms with Crippen molar-refractivity contribution >= 4 is 39.6 Å². The molecule has 1 aliphatic rings. The monoisotopic (exact) mass is 326 g/mol. The zero-order chi connectivity index (χ0) is 15.2. The average molecular weight is 326 g/mol. The van der Waals surface area contributed by atoms with Crippen molar-refractivity contribution in [1.29, 1.82) is 0 Å². The highest BCUT2D eigenvalue weighted by Crippen LogP contribution is 2.39. The van der Waals surface area contributed by atoms with Crippen molar-refractivity contribution in [3.05, 3.63) is 16.0 Å². The Hall–Kier alpha value is -1.14. The number of thiophene rings is 1. The number of carbonyl (C=O) groups is 1. The molecule has 6 heteroatoms. The molecule has 21 heavy (non-hydrogen) atoms. The van der Waals surface area contributed by atoms with Crippen LogP contribution in [0.15, 0.2) is 0 Å². The Morgan fingerprint density at radius 3 is 2.90 bits per heavy atom. The summed E-state index contributed by atoms with van der Waals surface area (Å²) in [5.41, 5.74) is 1.82. The first-order valence-electron chi connectivity index (χ1n) is 7.45. The third-order valence-corrected chi connectivity index (χ3v) is 5.06. The maximum Gasteiger partial charge on any atom is 0.341 e. The Kier molecular flexibility index (Phi) is 5.99. The summed E-state index contributed by atoms with van der Waals surface area (Å²) in [7, 11) is 1.42. The van der Waals surface area contributed by atoms with Gasteiger partial charge in [0.1, 0.15) is 5.00 Å². The van der Waals surface area contributed by atoms with Crippen LogP contribution in [-0.2, 0) is 17.6 Å². The summed E-state index contributed by atoms with van der Waals surface area (Å²) < 4.78 is 4.92. The standard InChI is InChI=1S/C15H22N2O2S2/c1-3-4-5-9-16-15(20)17-13-12(14(18)19-2)10-7-6-8-11(10)21-13/h3-9H2,1-2H3,(H2,16,17,20). The summed E-state index contributed by atoms with van der Waals surface area (Å²) in [5.74, 6) is -0.273. The molecule has 0 spiro atoms. The number of fused-ring (bicyclic) bond motifs is 1. The summed E-state index contributed by atoms with van der Waals surface area (Å²) in [6.07, 6.45) is 6.59. The van der Waals surface area contributed by atoms with E-state index >= 15 is 0 Å². The third kappa shape index (κ3) is 3.95. The number of ether oxygens (including phenoxy) is 1. The lowest BCUT2D eigenvalue weighted by molar-refractivity contribution is 0.0601. The molecule has 2 rings (SSSR count).